The highest BCUT2D eigenvalue weighted by atomic mass is 14.7. The molecule has 2 aromatic rings. The van der Waals surface area contributed by atoms with Gasteiger partial charge in [0.05, 0.1) is 5.69 Å². The van der Waals surface area contributed by atoms with Gasteiger partial charge in [-0.1, -0.05) is 55.7 Å². The van der Waals surface area contributed by atoms with Crippen LogP contribution < -0.4 is 0 Å². The Kier molecular flexibility index (Phi) is 3.40. The third-order valence-corrected chi connectivity index (χ3v) is 3.93. The molecule has 1 aliphatic rings. The Hall–Kier alpha value is -1.63. The Morgan fingerprint density at radius 2 is 1.61 bits per heavy atom. The minimum Gasteiger partial charge on any atom is -0.256 e. The Morgan fingerprint density at radius 1 is 0.833 bits per heavy atom. The molecule has 18 heavy (non-hydrogen) atoms. The molecule has 0 aliphatic heterocycles. The van der Waals surface area contributed by atoms with Crippen molar-refractivity contribution >= 4 is 0 Å². The molecule has 3 rings (SSSR count). The predicted octanol–water partition coefficient (Wildman–Crippen LogP) is 4.80. The van der Waals surface area contributed by atoms with Gasteiger partial charge in [0.1, 0.15) is 0 Å². The molecule has 0 spiro atoms. The monoisotopic (exact) mass is 237 g/mol. The molecule has 0 saturated heterocycles. The molecule has 0 unspecified atom stereocenters. The Morgan fingerprint density at radius 3 is 2.39 bits per heavy atom. The third kappa shape index (κ3) is 2.31. The predicted molar refractivity (Wildman–Crippen MR) is 75.5 cm³/mol. The van der Waals surface area contributed by atoms with E-state index < -0.39 is 0 Å². The van der Waals surface area contributed by atoms with Crippen LogP contribution in [0.5, 0.6) is 0 Å². The van der Waals surface area contributed by atoms with Gasteiger partial charge in [-0.2, -0.15) is 0 Å². The molecule has 0 bridgehead atoms. The molecule has 0 atom stereocenters. The molecule has 1 aliphatic carbocycles. The van der Waals surface area contributed by atoms with Crippen molar-refractivity contribution in [2.45, 2.75) is 38.0 Å². The van der Waals surface area contributed by atoms with Crippen molar-refractivity contribution in [1.29, 1.82) is 0 Å². The van der Waals surface area contributed by atoms with Gasteiger partial charge in [0.15, 0.2) is 0 Å². The summed E-state index contributed by atoms with van der Waals surface area (Å²) < 4.78 is 0. The first-order valence-corrected chi connectivity index (χ1v) is 6.95. The van der Waals surface area contributed by atoms with Gasteiger partial charge in [-0.15, -0.1) is 0 Å². The van der Waals surface area contributed by atoms with Crippen molar-refractivity contribution in [1.82, 2.24) is 4.98 Å². The zero-order chi connectivity index (χ0) is 12.2. The smallest absolute Gasteiger partial charge is 0.0736 e. The molecule has 1 heterocycles. The lowest BCUT2D eigenvalue weighted by atomic mass is 9.82. The average molecular weight is 237 g/mol. The maximum Gasteiger partial charge on any atom is 0.0736 e. The summed E-state index contributed by atoms with van der Waals surface area (Å²) in [5.74, 6) is 0.711. The molecule has 1 fully saturated rings. The lowest BCUT2D eigenvalue weighted by molar-refractivity contribution is 0.443. The summed E-state index contributed by atoms with van der Waals surface area (Å²) >= 11 is 0. The zero-order valence-corrected chi connectivity index (χ0v) is 10.7. The van der Waals surface area contributed by atoms with Gasteiger partial charge in [-0.3, -0.25) is 4.98 Å². The summed E-state index contributed by atoms with van der Waals surface area (Å²) in [7, 11) is 0. The molecule has 1 aromatic carbocycles. The maximum absolute atomic E-state index is 4.62. The highest BCUT2D eigenvalue weighted by Gasteiger charge is 2.19. The van der Waals surface area contributed by atoms with E-state index in [1.165, 1.54) is 48.9 Å². The van der Waals surface area contributed by atoms with Gasteiger partial charge >= 0.3 is 0 Å². The number of aromatic nitrogens is 1. The van der Waals surface area contributed by atoms with Gasteiger partial charge in [0, 0.05) is 11.8 Å². The van der Waals surface area contributed by atoms with Crippen LogP contribution in [-0.2, 0) is 0 Å². The van der Waals surface area contributed by atoms with Crippen molar-refractivity contribution in [3.8, 4) is 11.3 Å². The number of benzene rings is 1. The van der Waals surface area contributed by atoms with E-state index >= 15 is 0 Å². The largest absolute Gasteiger partial charge is 0.256 e. The second-order valence-electron chi connectivity index (χ2n) is 5.14. The summed E-state index contributed by atoms with van der Waals surface area (Å²) in [6, 6.07) is 14.9. The molecule has 1 nitrogen and oxygen atoms in total. The molecule has 0 N–H and O–H groups in total. The van der Waals surface area contributed by atoms with Crippen LogP contribution in [0.4, 0.5) is 0 Å². The van der Waals surface area contributed by atoms with Crippen LogP contribution in [0.2, 0.25) is 0 Å². The molecule has 1 heteroatoms. The third-order valence-electron chi connectivity index (χ3n) is 3.93. The second kappa shape index (κ2) is 5.34. The fourth-order valence-electron chi connectivity index (χ4n) is 3.00. The fourth-order valence-corrected chi connectivity index (χ4v) is 3.00. The van der Waals surface area contributed by atoms with E-state index in [1.807, 2.05) is 6.20 Å². The molecule has 0 radical (unpaired) electrons. The van der Waals surface area contributed by atoms with Crippen molar-refractivity contribution in [3.05, 3.63) is 54.2 Å². The molecular weight excluding hydrogens is 218 g/mol. The van der Waals surface area contributed by atoms with Crippen molar-refractivity contribution in [2.75, 3.05) is 0 Å². The van der Waals surface area contributed by atoms with Crippen molar-refractivity contribution in [2.24, 2.45) is 0 Å². The molecule has 92 valence electrons. The van der Waals surface area contributed by atoms with E-state index in [1.54, 1.807) is 0 Å². The van der Waals surface area contributed by atoms with Crippen LogP contribution in [0.3, 0.4) is 0 Å². The lowest BCUT2D eigenvalue weighted by Gasteiger charge is -2.23. The summed E-state index contributed by atoms with van der Waals surface area (Å²) in [6.45, 7) is 0. The number of pyridine rings is 1. The van der Waals surface area contributed by atoms with E-state index in [9.17, 15) is 0 Å². The zero-order valence-electron chi connectivity index (χ0n) is 10.7. The number of nitrogens with zero attached hydrogens (tertiary/aromatic N) is 1. The summed E-state index contributed by atoms with van der Waals surface area (Å²) in [4.78, 5) is 4.62. The highest BCUT2D eigenvalue weighted by Crippen LogP contribution is 2.36. The Balaban J connectivity index is 1.99. The van der Waals surface area contributed by atoms with Crippen LogP contribution in [0.1, 0.15) is 43.6 Å². The van der Waals surface area contributed by atoms with Gasteiger partial charge in [0.2, 0.25) is 0 Å². The normalized spacial score (nSPS) is 16.7. The molecule has 0 amide bonds. The summed E-state index contributed by atoms with van der Waals surface area (Å²) in [5, 5.41) is 0. The highest BCUT2D eigenvalue weighted by molar-refractivity contribution is 5.63. The molecular formula is C17H19N. The van der Waals surface area contributed by atoms with Gasteiger partial charge < -0.3 is 0 Å². The minimum absolute atomic E-state index is 0.711. The first-order valence-electron chi connectivity index (χ1n) is 6.95. The number of hydrogen-bond acceptors (Lipinski definition) is 1. The van der Waals surface area contributed by atoms with E-state index in [2.05, 4.69) is 47.4 Å². The average Bonchev–Trinajstić information content (AvgIpc) is 2.49. The summed E-state index contributed by atoms with van der Waals surface area (Å²) in [6.07, 6.45) is 8.70. The van der Waals surface area contributed by atoms with Crippen LogP contribution in [0.15, 0.2) is 48.7 Å². The molecule has 1 saturated carbocycles. The Bertz CT molecular complexity index is 498. The topological polar surface area (TPSA) is 12.9 Å². The van der Waals surface area contributed by atoms with Gasteiger partial charge in [0.25, 0.3) is 0 Å². The van der Waals surface area contributed by atoms with Gasteiger partial charge in [-0.25, -0.2) is 0 Å². The van der Waals surface area contributed by atoms with Gasteiger partial charge in [-0.05, 0) is 30.4 Å². The first-order chi connectivity index (χ1) is 8.95. The fraction of sp³-hybridized carbons (Fsp3) is 0.353. The lowest BCUT2D eigenvalue weighted by Crippen LogP contribution is -2.06. The van der Waals surface area contributed by atoms with Crippen LogP contribution in [0, 0.1) is 0 Å². The van der Waals surface area contributed by atoms with Crippen LogP contribution in [0.25, 0.3) is 11.3 Å². The summed E-state index contributed by atoms with van der Waals surface area (Å²) in [5.41, 5.74) is 3.88. The van der Waals surface area contributed by atoms with Crippen LogP contribution >= 0.6 is 0 Å². The first kappa shape index (κ1) is 11.5. The van der Waals surface area contributed by atoms with Crippen molar-refractivity contribution in [3.63, 3.8) is 0 Å². The molecule has 1 aromatic heterocycles. The van der Waals surface area contributed by atoms with E-state index in [4.69, 9.17) is 0 Å². The quantitative estimate of drug-likeness (QED) is 0.731. The van der Waals surface area contributed by atoms with Crippen molar-refractivity contribution < 1.29 is 0 Å². The second-order valence-corrected chi connectivity index (χ2v) is 5.14. The Labute approximate surface area is 109 Å². The maximum atomic E-state index is 4.62. The standard InChI is InChI=1S/C17H19N/c1-3-8-14(9-4-1)16-12-7-13-18-17(16)15-10-5-2-6-11-15/h2,5-7,10-14H,1,3-4,8-9H2. The number of hydrogen-bond donors (Lipinski definition) is 0. The van der Waals surface area contributed by atoms with E-state index in [-0.39, 0.29) is 0 Å². The SMILES string of the molecule is c1ccc(-c2ncccc2C2CCCCC2)cc1. The minimum atomic E-state index is 0.711. The van der Waals surface area contributed by atoms with E-state index in [0.717, 1.165) is 0 Å². The van der Waals surface area contributed by atoms with E-state index in [0.29, 0.717) is 5.92 Å². The van der Waals surface area contributed by atoms with Crippen LogP contribution in [-0.4, -0.2) is 4.98 Å². The number of rotatable bonds is 2.